The maximum Gasteiger partial charge on any atom is 0.240 e. The predicted molar refractivity (Wildman–Crippen MR) is 128 cm³/mol. The summed E-state index contributed by atoms with van der Waals surface area (Å²) in [5, 5.41) is 6.58. The minimum Gasteiger partial charge on any atom is -0.357 e. The largest absolute Gasteiger partial charge is 0.357 e. The fourth-order valence-corrected chi connectivity index (χ4v) is 4.07. The first-order valence-corrected chi connectivity index (χ1v) is 11.1. The van der Waals surface area contributed by atoms with E-state index in [-0.39, 0.29) is 30.0 Å². The molecule has 0 heterocycles. The van der Waals surface area contributed by atoms with Gasteiger partial charge in [-0.05, 0) is 55.5 Å². The average molecular weight is 528 g/mol. The third-order valence-electron chi connectivity index (χ3n) is 4.60. The van der Waals surface area contributed by atoms with Crippen LogP contribution in [0.4, 0.5) is 0 Å². The molecule has 0 aromatic heterocycles. The second-order valence-electron chi connectivity index (χ2n) is 7.01. The van der Waals surface area contributed by atoms with Crippen LogP contribution in [0.5, 0.6) is 0 Å². The maximum atomic E-state index is 12.2. The minimum absolute atomic E-state index is 0. The summed E-state index contributed by atoms with van der Waals surface area (Å²) < 4.78 is 27.2. The zero-order valence-corrected chi connectivity index (χ0v) is 20.0. The highest BCUT2D eigenvalue weighted by atomic mass is 127. The molecule has 1 aliphatic rings. The Bertz CT molecular complexity index is 926. The summed E-state index contributed by atoms with van der Waals surface area (Å²) >= 11 is 0. The van der Waals surface area contributed by atoms with E-state index in [1.807, 2.05) is 31.2 Å². The van der Waals surface area contributed by atoms with Crippen molar-refractivity contribution < 1.29 is 8.42 Å². The predicted octanol–water partition coefficient (Wildman–Crippen LogP) is 3.31. The van der Waals surface area contributed by atoms with Crippen LogP contribution < -0.4 is 15.4 Å². The molecule has 8 heteroatoms. The van der Waals surface area contributed by atoms with E-state index in [2.05, 4.69) is 39.4 Å². The molecule has 0 saturated heterocycles. The molecular formula is C21H29IN4O2S. The van der Waals surface area contributed by atoms with E-state index in [0.29, 0.717) is 18.0 Å². The van der Waals surface area contributed by atoms with Gasteiger partial charge in [-0.1, -0.05) is 36.4 Å². The normalized spacial score (nSPS) is 14.2. The van der Waals surface area contributed by atoms with Gasteiger partial charge in [-0.25, -0.2) is 18.1 Å². The highest BCUT2D eigenvalue weighted by Gasteiger charge is 2.27. The van der Waals surface area contributed by atoms with Crippen molar-refractivity contribution in [3.8, 4) is 0 Å². The van der Waals surface area contributed by atoms with Crippen molar-refractivity contribution >= 4 is 40.0 Å². The van der Waals surface area contributed by atoms with E-state index >= 15 is 0 Å². The number of hydrogen-bond acceptors (Lipinski definition) is 3. The van der Waals surface area contributed by atoms with Gasteiger partial charge < -0.3 is 10.6 Å². The lowest BCUT2D eigenvalue weighted by Crippen LogP contribution is -2.36. The number of nitrogens with zero attached hydrogens (tertiary/aromatic N) is 1. The molecule has 6 nitrogen and oxygen atoms in total. The van der Waals surface area contributed by atoms with Gasteiger partial charge >= 0.3 is 0 Å². The Morgan fingerprint density at radius 3 is 2.38 bits per heavy atom. The van der Waals surface area contributed by atoms with Crippen LogP contribution >= 0.6 is 24.0 Å². The van der Waals surface area contributed by atoms with Crippen LogP contribution in [0.2, 0.25) is 0 Å². The first-order chi connectivity index (χ1) is 13.5. The molecule has 1 saturated carbocycles. The number of rotatable bonds is 8. The molecule has 3 rings (SSSR count). The summed E-state index contributed by atoms with van der Waals surface area (Å²) in [7, 11) is -3.41. The molecule has 0 aliphatic heterocycles. The topological polar surface area (TPSA) is 82.6 Å². The molecular weight excluding hydrogens is 499 g/mol. The van der Waals surface area contributed by atoms with Crippen LogP contribution in [-0.4, -0.2) is 27.0 Å². The fraction of sp³-hybridized carbons (Fsp3) is 0.381. The summed E-state index contributed by atoms with van der Waals surface area (Å²) in [6, 6.07) is 15.3. The van der Waals surface area contributed by atoms with Crippen molar-refractivity contribution in [2.24, 2.45) is 4.99 Å². The van der Waals surface area contributed by atoms with Crippen molar-refractivity contribution in [2.75, 3.05) is 6.54 Å². The summed E-state index contributed by atoms with van der Waals surface area (Å²) in [6.07, 6.45) is 1.85. The molecule has 2 aromatic carbocycles. The Kier molecular flexibility index (Phi) is 8.91. The van der Waals surface area contributed by atoms with E-state index in [9.17, 15) is 8.42 Å². The fourth-order valence-electron chi connectivity index (χ4n) is 2.76. The molecule has 0 bridgehead atoms. The molecule has 0 radical (unpaired) electrons. The quantitative estimate of drug-likeness (QED) is 0.279. The van der Waals surface area contributed by atoms with Crippen molar-refractivity contribution in [1.29, 1.82) is 0 Å². The zero-order valence-electron chi connectivity index (χ0n) is 16.8. The number of aryl methyl sites for hydroxylation is 1. The Morgan fingerprint density at radius 2 is 1.76 bits per heavy atom. The van der Waals surface area contributed by atoms with E-state index in [1.54, 1.807) is 12.1 Å². The summed E-state index contributed by atoms with van der Waals surface area (Å²) in [5.74, 6) is 0.734. The SMILES string of the molecule is CCNC(=NCc1ccc(S(=O)(=O)NC2CC2)cc1)NCc1ccccc1C.I. The van der Waals surface area contributed by atoms with Gasteiger partial charge in [0.2, 0.25) is 10.0 Å². The monoisotopic (exact) mass is 528 g/mol. The van der Waals surface area contributed by atoms with E-state index in [0.717, 1.165) is 30.9 Å². The van der Waals surface area contributed by atoms with E-state index in [1.165, 1.54) is 11.1 Å². The molecule has 0 amide bonds. The third kappa shape index (κ3) is 7.27. The Hall–Kier alpha value is -1.65. The lowest BCUT2D eigenvalue weighted by atomic mass is 10.1. The summed E-state index contributed by atoms with van der Waals surface area (Å²) in [6.45, 7) is 6.05. The van der Waals surface area contributed by atoms with E-state index < -0.39 is 10.0 Å². The van der Waals surface area contributed by atoms with Crippen molar-refractivity contribution in [3.63, 3.8) is 0 Å². The zero-order chi connectivity index (χ0) is 20.0. The number of guanidine groups is 1. The standard InChI is InChI=1S/C21H28N4O2S.HI/c1-3-22-21(24-15-18-7-5-4-6-16(18)2)23-14-17-8-12-20(13-9-17)28(26,27)25-19-10-11-19;/h4-9,12-13,19,25H,3,10-11,14-15H2,1-2H3,(H2,22,23,24);1H. The molecule has 158 valence electrons. The van der Waals surface area contributed by atoms with Gasteiger partial charge in [-0.3, -0.25) is 0 Å². The first-order valence-electron chi connectivity index (χ1n) is 9.66. The average Bonchev–Trinajstić information content (AvgIpc) is 3.49. The van der Waals surface area contributed by atoms with E-state index in [4.69, 9.17) is 0 Å². The molecule has 0 unspecified atom stereocenters. The second-order valence-corrected chi connectivity index (χ2v) is 8.73. The molecule has 0 atom stereocenters. The van der Waals surface area contributed by atoms with Crippen molar-refractivity contribution in [1.82, 2.24) is 15.4 Å². The van der Waals surface area contributed by atoms with Gasteiger partial charge in [0.25, 0.3) is 0 Å². The first kappa shape index (κ1) is 23.6. The number of aliphatic imine (C=N–C) groups is 1. The van der Waals surface area contributed by atoms with Gasteiger partial charge in [-0.2, -0.15) is 0 Å². The highest BCUT2D eigenvalue weighted by Crippen LogP contribution is 2.22. The van der Waals surface area contributed by atoms with Crippen LogP contribution in [0.3, 0.4) is 0 Å². The smallest absolute Gasteiger partial charge is 0.240 e. The Labute approximate surface area is 190 Å². The summed E-state index contributed by atoms with van der Waals surface area (Å²) in [4.78, 5) is 4.91. The number of nitrogens with one attached hydrogen (secondary N) is 3. The van der Waals surface area contributed by atoms with Gasteiger partial charge in [0.15, 0.2) is 5.96 Å². The van der Waals surface area contributed by atoms with Gasteiger partial charge in [-0.15, -0.1) is 24.0 Å². The molecule has 29 heavy (non-hydrogen) atoms. The van der Waals surface area contributed by atoms with Crippen LogP contribution in [-0.2, 0) is 23.1 Å². The molecule has 3 N–H and O–H groups in total. The maximum absolute atomic E-state index is 12.2. The van der Waals surface area contributed by atoms with Crippen LogP contribution in [0, 0.1) is 6.92 Å². The van der Waals surface area contributed by atoms with Crippen LogP contribution in [0.25, 0.3) is 0 Å². The second kappa shape index (κ2) is 10.9. The Morgan fingerprint density at radius 1 is 1.07 bits per heavy atom. The van der Waals surface area contributed by atoms with Crippen LogP contribution in [0.15, 0.2) is 58.4 Å². The van der Waals surface area contributed by atoms with Crippen molar-refractivity contribution in [3.05, 3.63) is 65.2 Å². The minimum atomic E-state index is -3.41. The van der Waals surface area contributed by atoms with Crippen molar-refractivity contribution in [2.45, 2.75) is 50.7 Å². The Balaban J connectivity index is 0.00000300. The third-order valence-corrected chi connectivity index (χ3v) is 6.14. The van der Waals surface area contributed by atoms with Gasteiger partial charge in [0.1, 0.15) is 0 Å². The van der Waals surface area contributed by atoms with Crippen LogP contribution in [0.1, 0.15) is 36.5 Å². The van der Waals surface area contributed by atoms with Gasteiger partial charge in [0.05, 0.1) is 11.4 Å². The molecule has 2 aromatic rings. The molecule has 1 fully saturated rings. The lowest BCUT2D eigenvalue weighted by molar-refractivity contribution is 0.581. The summed E-state index contributed by atoms with van der Waals surface area (Å²) in [5.41, 5.74) is 3.42. The number of benzene rings is 2. The lowest BCUT2D eigenvalue weighted by Gasteiger charge is -2.13. The molecule has 0 spiro atoms. The number of hydrogen-bond donors (Lipinski definition) is 3. The van der Waals surface area contributed by atoms with Gasteiger partial charge in [0, 0.05) is 19.1 Å². The highest BCUT2D eigenvalue weighted by molar-refractivity contribution is 14.0. The number of sulfonamides is 1. The number of halogens is 1. The molecule has 1 aliphatic carbocycles.